The van der Waals surface area contributed by atoms with Crippen molar-refractivity contribution in [3.05, 3.63) is 54.1 Å². The van der Waals surface area contributed by atoms with Crippen molar-refractivity contribution in [1.82, 2.24) is 4.90 Å². The zero-order chi connectivity index (χ0) is 19.7. The van der Waals surface area contributed by atoms with E-state index in [4.69, 9.17) is 4.74 Å². The number of ether oxygens (including phenoxy) is 1. The zero-order valence-corrected chi connectivity index (χ0v) is 16.3. The van der Waals surface area contributed by atoms with Crippen LogP contribution >= 0.6 is 0 Å². The van der Waals surface area contributed by atoms with Crippen LogP contribution in [-0.4, -0.2) is 44.8 Å². The number of sulfonamides is 1. The lowest BCUT2D eigenvalue weighted by atomic mass is 10.1. The molecule has 2 heterocycles. The van der Waals surface area contributed by atoms with E-state index in [1.807, 2.05) is 36.2 Å². The molecule has 0 saturated carbocycles. The molecule has 0 spiro atoms. The first-order chi connectivity index (χ1) is 13.4. The Kier molecular flexibility index (Phi) is 4.80. The van der Waals surface area contributed by atoms with Gasteiger partial charge in [-0.2, -0.15) is 8.42 Å². The van der Waals surface area contributed by atoms with Gasteiger partial charge in [0.2, 0.25) is 0 Å². The molecule has 146 valence electrons. The van der Waals surface area contributed by atoms with Gasteiger partial charge in [-0.05, 0) is 36.2 Å². The molecule has 1 N–H and O–H groups in total. The Morgan fingerprint density at radius 3 is 2.79 bits per heavy atom. The van der Waals surface area contributed by atoms with Gasteiger partial charge < -0.3 is 15.0 Å². The molecule has 28 heavy (non-hydrogen) atoms. The number of para-hydroxylation sites is 1. The standard InChI is InChI=1S/C20H21N3O4S/c1-23-11-5-10-19(23)22-28(25,26)16-8-4-7-15(13-16)21-20(24)18-12-14-6-2-3-9-17(14)27-18/h2-4,6-9,13,18H,5,10-12H2,1H3,(H,21,24). The molecule has 0 aromatic heterocycles. The van der Waals surface area contributed by atoms with Crippen molar-refractivity contribution in [3.63, 3.8) is 0 Å². The Morgan fingerprint density at radius 1 is 1.21 bits per heavy atom. The number of hydrogen-bond donors (Lipinski definition) is 1. The van der Waals surface area contributed by atoms with Gasteiger partial charge >= 0.3 is 0 Å². The van der Waals surface area contributed by atoms with Gasteiger partial charge in [-0.1, -0.05) is 24.3 Å². The molecule has 0 radical (unpaired) electrons. The van der Waals surface area contributed by atoms with Gasteiger partial charge in [-0.3, -0.25) is 4.79 Å². The van der Waals surface area contributed by atoms with E-state index in [0.717, 1.165) is 18.5 Å². The summed E-state index contributed by atoms with van der Waals surface area (Å²) in [6.45, 7) is 0.800. The molecule has 2 aliphatic rings. The highest BCUT2D eigenvalue weighted by Crippen LogP contribution is 2.29. The third-order valence-electron chi connectivity index (χ3n) is 4.90. The summed E-state index contributed by atoms with van der Waals surface area (Å²) >= 11 is 0. The van der Waals surface area contributed by atoms with Crippen LogP contribution in [0.3, 0.4) is 0 Å². The van der Waals surface area contributed by atoms with Crippen LogP contribution in [0.1, 0.15) is 18.4 Å². The van der Waals surface area contributed by atoms with Crippen molar-refractivity contribution < 1.29 is 17.9 Å². The van der Waals surface area contributed by atoms with E-state index in [9.17, 15) is 13.2 Å². The lowest BCUT2D eigenvalue weighted by molar-refractivity contribution is -0.122. The third kappa shape index (κ3) is 3.73. The number of amides is 1. The van der Waals surface area contributed by atoms with Crippen molar-refractivity contribution >= 4 is 27.5 Å². The maximum Gasteiger partial charge on any atom is 0.284 e. The zero-order valence-electron chi connectivity index (χ0n) is 15.5. The molecule has 4 rings (SSSR count). The van der Waals surface area contributed by atoms with E-state index in [0.29, 0.717) is 30.1 Å². The second-order valence-electron chi connectivity index (χ2n) is 6.94. The van der Waals surface area contributed by atoms with Crippen molar-refractivity contribution in [3.8, 4) is 5.75 Å². The molecule has 2 aliphatic heterocycles. The first-order valence-corrected chi connectivity index (χ1v) is 10.6. The highest BCUT2D eigenvalue weighted by molar-refractivity contribution is 7.90. The van der Waals surface area contributed by atoms with Crippen LogP contribution in [0.4, 0.5) is 5.69 Å². The lowest BCUT2D eigenvalue weighted by Gasteiger charge is -2.13. The number of carbonyl (C=O) groups is 1. The van der Waals surface area contributed by atoms with E-state index in [1.165, 1.54) is 12.1 Å². The summed E-state index contributed by atoms with van der Waals surface area (Å²) in [7, 11) is -2.00. The summed E-state index contributed by atoms with van der Waals surface area (Å²) in [6, 6.07) is 13.7. The van der Waals surface area contributed by atoms with Crippen LogP contribution in [-0.2, 0) is 21.2 Å². The predicted molar refractivity (Wildman–Crippen MR) is 106 cm³/mol. The number of hydrogen-bond acceptors (Lipinski definition) is 4. The number of nitrogens with zero attached hydrogens (tertiary/aromatic N) is 2. The van der Waals surface area contributed by atoms with Crippen molar-refractivity contribution in [2.24, 2.45) is 4.40 Å². The molecule has 1 fully saturated rings. The quantitative estimate of drug-likeness (QED) is 0.853. The maximum atomic E-state index is 12.6. The van der Waals surface area contributed by atoms with Gasteiger partial charge in [0.1, 0.15) is 11.6 Å². The topological polar surface area (TPSA) is 88.1 Å². The van der Waals surface area contributed by atoms with Crippen LogP contribution in [0.5, 0.6) is 5.75 Å². The van der Waals surface area contributed by atoms with Gasteiger partial charge in [-0.25, -0.2) is 0 Å². The molecule has 0 bridgehead atoms. The van der Waals surface area contributed by atoms with E-state index in [1.54, 1.807) is 12.1 Å². The minimum Gasteiger partial charge on any atom is -0.480 e. The summed E-state index contributed by atoms with van der Waals surface area (Å²) in [6.07, 6.45) is 1.39. The molecule has 1 unspecified atom stereocenters. The molecule has 1 amide bonds. The average molecular weight is 399 g/mol. The summed E-state index contributed by atoms with van der Waals surface area (Å²) in [5.74, 6) is 0.953. The van der Waals surface area contributed by atoms with Gasteiger partial charge in [-0.15, -0.1) is 4.40 Å². The number of rotatable bonds is 4. The van der Waals surface area contributed by atoms with Gasteiger partial charge in [0.05, 0.1) is 4.90 Å². The summed E-state index contributed by atoms with van der Waals surface area (Å²) < 4.78 is 34.9. The molecule has 8 heteroatoms. The maximum absolute atomic E-state index is 12.6. The largest absolute Gasteiger partial charge is 0.480 e. The molecule has 1 atom stereocenters. The fourth-order valence-corrected chi connectivity index (χ4v) is 4.53. The van der Waals surface area contributed by atoms with Crippen LogP contribution in [0.25, 0.3) is 0 Å². The number of fused-ring (bicyclic) bond motifs is 1. The number of anilines is 1. The summed E-state index contributed by atoms with van der Waals surface area (Å²) in [4.78, 5) is 14.4. The minimum absolute atomic E-state index is 0.0497. The summed E-state index contributed by atoms with van der Waals surface area (Å²) in [5.41, 5.74) is 1.38. The number of amidine groups is 1. The van der Waals surface area contributed by atoms with E-state index in [-0.39, 0.29) is 10.8 Å². The van der Waals surface area contributed by atoms with Crippen LogP contribution < -0.4 is 10.1 Å². The lowest BCUT2D eigenvalue weighted by Crippen LogP contribution is -2.31. The Bertz CT molecular complexity index is 1020. The van der Waals surface area contributed by atoms with Crippen molar-refractivity contribution in [2.45, 2.75) is 30.3 Å². The number of likely N-dealkylation sites (tertiary alicyclic amines) is 1. The van der Waals surface area contributed by atoms with Gasteiger partial charge in [0.25, 0.3) is 15.9 Å². The molecular formula is C20H21N3O4S. The smallest absolute Gasteiger partial charge is 0.284 e. The number of carbonyl (C=O) groups excluding carboxylic acids is 1. The molecule has 7 nitrogen and oxygen atoms in total. The molecule has 0 aliphatic carbocycles. The van der Waals surface area contributed by atoms with E-state index in [2.05, 4.69) is 9.71 Å². The Labute approximate surface area is 164 Å². The van der Waals surface area contributed by atoms with E-state index >= 15 is 0 Å². The second-order valence-corrected chi connectivity index (χ2v) is 8.55. The van der Waals surface area contributed by atoms with Crippen LogP contribution in [0.2, 0.25) is 0 Å². The Morgan fingerprint density at radius 2 is 2.04 bits per heavy atom. The minimum atomic E-state index is -3.83. The normalized spacial score (nSPS) is 20.1. The molecule has 2 aromatic rings. The fourth-order valence-electron chi connectivity index (χ4n) is 3.39. The fraction of sp³-hybridized carbons (Fsp3) is 0.300. The van der Waals surface area contributed by atoms with Crippen LogP contribution in [0, 0.1) is 0 Å². The summed E-state index contributed by atoms with van der Waals surface area (Å²) in [5, 5.41) is 2.75. The van der Waals surface area contributed by atoms with E-state index < -0.39 is 16.1 Å². The first-order valence-electron chi connectivity index (χ1n) is 9.13. The van der Waals surface area contributed by atoms with Crippen molar-refractivity contribution in [2.75, 3.05) is 18.9 Å². The molecule has 1 saturated heterocycles. The number of nitrogens with one attached hydrogen (secondary N) is 1. The second kappa shape index (κ2) is 7.27. The predicted octanol–water partition coefficient (Wildman–Crippen LogP) is 2.44. The van der Waals surface area contributed by atoms with Gasteiger partial charge in [0, 0.05) is 32.1 Å². The van der Waals surface area contributed by atoms with Crippen molar-refractivity contribution in [1.29, 1.82) is 0 Å². The van der Waals surface area contributed by atoms with Gasteiger partial charge in [0.15, 0.2) is 6.10 Å². The number of benzene rings is 2. The SMILES string of the molecule is CN1CCCC1=NS(=O)(=O)c1cccc(NC(=O)C2Cc3ccccc3O2)c1. The Hall–Kier alpha value is -2.87. The molecule has 2 aromatic carbocycles. The monoisotopic (exact) mass is 399 g/mol. The first kappa shape index (κ1) is 18.5. The Balaban J connectivity index is 1.49. The van der Waals surface area contributed by atoms with Crippen LogP contribution in [0.15, 0.2) is 57.8 Å². The highest BCUT2D eigenvalue weighted by atomic mass is 32.2. The third-order valence-corrected chi connectivity index (χ3v) is 6.20. The highest BCUT2D eigenvalue weighted by Gasteiger charge is 2.29. The molecular weight excluding hydrogens is 378 g/mol. The average Bonchev–Trinajstić information content (AvgIpc) is 3.28.